The largest absolute Gasteiger partial charge is 0.489 e. The van der Waals surface area contributed by atoms with Gasteiger partial charge in [0.1, 0.15) is 24.7 Å². The van der Waals surface area contributed by atoms with Crippen LogP contribution in [-0.2, 0) is 28.8 Å². The molecule has 8 rings (SSSR count). The van der Waals surface area contributed by atoms with Crippen molar-refractivity contribution in [2.24, 2.45) is 0 Å². The third kappa shape index (κ3) is 13.2. The average molecular weight is 993 g/mol. The molecule has 8 aromatic carbocycles. The SMILES string of the molecule is Cc1ccc(-c2cc(C(O)C=Cc3ccc(C(=O)OC(=O)c4ccc(C=CC(=O)c5cc(-c6ccccc6)c(C(C)(C)C)c(OCc6ccccc6)c5C)cc4)cc3)cc(OCc3ccccc3)c2C(C)(C)C)cc1. The molecule has 7 nitrogen and oxygen atoms in total. The number of allylic oxidation sites excluding steroid dienone is 1. The van der Waals surface area contributed by atoms with E-state index in [4.69, 9.17) is 14.2 Å². The van der Waals surface area contributed by atoms with Gasteiger partial charge >= 0.3 is 11.9 Å². The Kier molecular flexibility index (Phi) is 16.4. The smallest absolute Gasteiger partial charge is 0.346 e. The van der Waals surface area contributed by atoms with E-state index in [0.29, 0.717) is 41.4 Å². The van der Waals surface area contributed by atoms with Crippen LogP contribution in [0.3, 0.4) is 0 Å². The van der Waals surface area contributed by atoms with Crippen molar-refractivity contribution in [3.63, 3.8) is 0 Å². The number of aliphatic hydroxyl groups is 1. The molecule has 0 saturated heterocycles. The van der Waals surface area contributed by atoms with Crippen LogP contribution in [0.15, 0.2) is 194 Å². The minimum atomic E-state index is -0.978. The Morgan fingerprint density at radius 2 is 1.01 bits per heavy atom. The molecule has 0 spiro atoms. The summed E-state index contributed by atoms with van der Waals surface area (Å²) in [6.45, 7) is 17.7. The fraction of sp³-hybridized carbons (Fsp3) is 0.191. The van der Waals surface area contributed by atoms with E-state index in [1.165, 1.54) is 6.08 Å². The molecular formula is C68H64O7. The Bertz CT molecular complexity index is 3340. The number of hydrogen-bond donors (Lipinski definition) is 1. The highest BCUT2D eigenvalue weighted by molar-refractivity contribution is 6.09. The molecule has 0 fully saturated rings. The van der Waals surface area contributed by atoms with Crippen molar-refractivity contribution in [3.8, 4) is 33.8 Å². The summed E-state index contributed by atoms with van der Waals surface area (Å²) in [6.07, 6.45) is 5.73. The Morgan fingerprint density at radius 1 is 0.533 bits per heavy atom. The number of rotatable bonds is 16. The van der Waals surface area contributed by atoms with E-state index in [9.17, 15) is 19.5 Å². The van der Waals surface area contributed by atoms with E-state index in [1.807, 2.05) is 116 Å². The van der Waals surface area contributed by atoms with E-state index in [2.05, 4.69) is 72.7 Å². The van der Waals surface area contributed by atoms with E-state index >= 15 is 0 Å². The first-order valence-electron chi connectivity index (χ1n) is 25.3. The summed E-state index contributed by atoms with van der Waals surface area (Å²) in [5.41, 5.74) is 12.4. The van der Waals surface area contributed by atoms with Crippen molar-refractivity contribution < 1.29 is 33.7 Å². The number of carbonyl (C=O) groups excluding carboxylic acids is 3. The topological polar surface area (TPSA) is 99.1 Å². The minimum Gasteiger partial charge on any atom is -0.489 e. The molecule has 0 aromatic heterocycles. The number of carbonyl (C=O) groups is 3. The lowest BCUT2D eigenvalue weighted by Crippen LogP contribution is -2.18. The van der Waals surface area contributed by atoms with Gasteiger partial charge in [-0.05, 0) is 123 Å². The third-order valence-electron chi connectivity index (χ3n) is 13.0. The summed E-state index contributed by atoms with van der Waals surface area (Å²) in [7, 11) is 0. The molecule has 8 aromatic rings. The molecule has 7 heteroatoms. The van der Waals surface area contributed by atoms with Gasteiger partial charge in [0.05, 0.1) is 17.2 Å². The summed E-state index contributed by atoms with van der Waals surface area (Å²) < 4.78 is 18.4. The number of ketones is 1. The first-order chi connectivity index (χ1) is 35.9. The van der Waals surface area contributed by atoms with Crippen LogP contribution < -0.4 is 9.47 Å². The van der Waals surface area contributed by atoms with Gasteiger partial charge in [0, 0.05) is 22.3 Å². The van der Waals surface area contributed by atoms with E-state index in [0.717, 1.165) is 61.2 Å². The fourth-order valence-corrected chi connectivity index (χ4v) is 9.14. The normalized spacial score (nSPS) is 12.2. The van der Waals surface area contributed by atoms with Crippen LogP contribution in [0.4, 0.5) is 0 Å². The maximum absolute atomic E-state index is 14.1. The molecule has 0 bridgehead atoms. The predicted molar refractivity (Wildman–Crippen MR) is 302 cm³/mol. The fourth-order valence-electron chi connectivity index (χ4n) is 9.14. The number of ether oxygens (including phenoxy) is 3. The van der Waals surface area contributed by atoms with Gasteiger partial charge in [0.15, 0.2) is 5.78 Å². The lowest BCUT2D eigenvalue weighted by Gasteiger charge is -2.29. The first-order valence-corrected chi connectivity index (χ1v) is 25.3. The average Bonchev–Trinajstić information content (AvgIpc) is 3.41. The Hall–Kier alpha value is -8.39. The summed E-state index contributed by atoms with van der Waals surface area (Å²) in [5.74, 6) is -0.407. The van der Waals surface area contributed by atoms with Gasteiger partial charge in [-0.3, -0.25) is 4.79 Å². The summed E-state index contributed by atoms with van der Waals surface area (Å²) in [5, 5.41) is 11.6. The summed E-state index contributed by atoms with van der Waals surface area (Å²) >= 11 is 0. The lowest BCUT2D eigenvalue weighted by atomic mass is 9.78. The van der Waals surface area contributed by atoms with Gasteiger partial charge in [-0.15, -0.1) is 0 Å². The van der Waals surface area contributed by atoms with Crippen molar-refractivity contribution in [2.45, 2.75) is 85.5 Å². The van der Waals surface area contributed by atoms with Crippen LogP contribution in [-0.4, -0.2) is 22.8 Å². The first kappa shape index (κ1) is 52.9. The van der Waals surface area contributed by atoms with E-state index < -0.39 is 18.0 Å². The number of aryl methyl sites for hydroxylation is 1. The molecule has 1 atom stereocenters. The van der Waals surface area contributed by atoms with Gasteiger partial charge in [0.2, 0.25) is 0 Å². The van der Waals surface area contributed by atoms with Crippen LogP contribution in [0, 0.1) is 13.8 Å². The van der Waals surface area contributed by atoms with Gasteiger partial charge in [-0.1, -0.05) is 205 Å². The summed E-state index contributed by atoms with van der Waals surface area (Å²) in [6, 6.07) is 57.4. The zero-order valence-corrected chi connectivity index (χ0v) is 44.0. The molecule has 1 unspecified atom stereocenters. The Balaban J connectivity index is 0.942. The second kappa shape index (κ2) is 23.2. The zero-order chi connectivity index (χ0) is 53.3. The Labute approximate surface area is 441 Å². The standard InChI is InChI=1S/C68H64O7/c1-45-24-32-52(33-25-45)57-40-55(41-61(62(57)67(3,4)5)73-43-49-18-12-9-13-19-49)59(69)38-30-47-26-34-53(35-27-47)65(71)75-66(72)54-36-28-48(29-37-54)31-39-60(70)56-42-58(51-22-16-11-17-23-51)63(68(6,7)8)64(46(56)2)74-44-50-20-14-10-15-21-50/h9-42,59,69H,43-44H2,1-8H3. The quantitative estimate of drug-likeness (QED) is 0.0445. The molecule has 0 aliphatic heterocycles. The van der Waals surface area contributed by atoms with Gasteiger partial charge in [-0.2, -0.15) is 0 Å². The van der Waals surface area contributed by atoms with Crippen LogP contribution in [0.1, 0.15) is 129 Å². The molecule has 378 valence electrons. The molecule has 0 heterocycles. The maximum atomic E-state index is 14.1. The van der Waals surface area contributed by atoms with Crippen molar-refractivity contribution in [2.75, 3.05) is 0 Å². The highest BCUT2D eigenvalue weighted by atomic mass is 16.6. The highest BCUT2D eigenvalue weighted by Crippen LogP contribution is 2.45. The number of aliphatic hydroxyl groups excluding tert-OH is 1. The second-order valence-electron chi connectivity index (χ2n) is 20.9. The molecule has 0 radical (unpaired) electrons. The summed E-state index contributed by atoms with van der Waals surface area (Å²) in [4.78, 5) is 40.5. The van der Waals surface area contributed by atoms with E-state index in [-0.39, 0.29) is 27.7 Å². The van der Waals surface area contributed by atoms with Crippen LogP contribution in [0.5, 0.6) is 11.5 Å². The van der Waals surface area contributed by atoms with Crippen molar-refractivity contribution in [3.05, 3.63) is 261 Å². The molecule has 0 aliphatic rings. The van der Waals surface area contributed by atoms with Crippen LogP contribution in [0.25, 0.3) is 34.4 Å². The number of benzene rings is 8. The van der Waals surface area contributed by atoms with E-state index in [1.54, 1.807) is 66.8 Å². The number of esters is 2. The molecule has 1 N–H and O–H groups in total. The molecule has 75 heavy (non-hydrogen) atoms. The predicted octanol–water partition coefficient (Wildman–Crippen LogP) is 16.0. The van der Waals surface area contributed by atoms with Crippen LogP contribution in [0.2, 0.25) is 0 Å². The highest BCUT2D eigenvalue weighted by Gasteiger charge is 2.29. The zero-order valence-electron chi connectivity index (χ0n) is 44.0. The van der Waals surface area contributed by atoms with Crippen molar-refractivity contribution >= 4 is 29.9 Å². The van der Waals surface area contributed by atoms with Crippen molar-refractivity contribution in [1.82, 2.24) is 0 Å². The van der Waals surface area contributed by atoms with Gasteiger partial charge in [-0.25, -0.2) is 9.59 Å². The minimum absolute atomic E-state index is 0.177. The van der Waals surface area contributed by atoms with Gasteiger partial charge in [0.25, 0.3) is 0 Å². The van der Waals surface area contributed by atoms with Crippen LogP contribution >= 0.6 is 0 Å². The lowest BCUT2D eigenvalue weighted by molar-refractivity contribution is 0.0397. The van der Waals surface area contributed by atoms with Crippen molar-refractivity contribution in [1.29, 1.82) is 0 Å². The molecular weight excluding hydrogens is 929 g/mol. The molecule has 0 saturated carbocycles. The Morgan fingerprint density at radius 3 is 1.55 bits per heavy atom. The maximum Gasteiger partial charge on any atom is 0.346 e. The molecule has 0 amide bonds. The monoisotopic (exact) mass is 992 g/mol. The second-order valence-corrected chi connectivity index (χ2v) is 20.9. The third-order valence-corrected chi connectivity index (χ3v) is 13.0. The number of hydrogen-bond acceptors (Lipinski definition) is 7. The van der Waals surface area contributed by atoms with Gasteiger partial charge < -0.3 is 19.3 Å². The molecule has 0 aliphatic carbocycles.